The zero-order valence-corrected chi connectivity index (χ0v) is 13.0. The molecule has 2 aromatic rings. The summed E-state index contributed by atoms with van der Waals surface area (Å²) in [6.07, 6.45) is 0.665. The van der Waals surface area contributed by atoms with Crippen molar-refractivity contribution in [2.75, 3.05) is 0 Å². The van der Waals surface area contributed by atoms with Crippen LogP contribution in [0.4, 0.5) is 4.39 Å². The maximum absolute atomic E-state index is 13.3. The van der Waals surface area contributed by atoms with Crippen molar-refractivity contribution in [1.82, 2.24) is 5.32 Å². The van der Waals surface area contributed by atoms with E-state index in [4.69, 9.17) is 4.84 Å². The molecule has 1 N–H and O–H groups in total. The Morgan fingerprint density at radius 1 is 1.17 bits per heavy atom. The lowest BCUT2D eigenvalue weighted by Gasteiger charge is -2.09. The highest BCUT2D eigenvalue weighted by Gasteiger charge is 2.41. The summed E-state index contributed by atoms with van der Waals surface area (Å²) >= 11 is 0. The molecule has 0 spiro atoms. The summed E-state index contributed by atoms with van der Waals surface area (Å²) in [5.74, 6) is -0.111. The number of carbonyl (C=O) groups excluding carboxylic acids is 1. The molecule has 1 heterocycles. The second kappa shape index (κ2) is 6.07. The van der Waals surface area contributed by atoms with E-state index in [2.05, 4.69) is 22.6 Å². The molecule has 4 rings (SSSR count). The van der Waals surface area contributed by atoms with E-state index in [1.165, 1.54) is 17.7 Å². The minimum absolute atomic E-state index is 0.154. The number of halogens is 1. The van der Waals surface area contributed by atoms with E-state index in [-0.39, 0.29) is 17.8 Å². The van der Waals surface area contributed by atoms with Crippen LogP contribution in [-0.2, 0) is 9.63 Å². The molecule has 3 unspecified atom stereocenters. The lowest BCUT2D eigenvalue weighted by atomic mass is 10.0. The van der Waals surface area contributed by atoms with Gasteiger partial charge < -0.3 is 10.2 Å². The summed E-state index contributed by atoms with van der Waals surface area (Å²) in [5, 5.41) is 6.96. The highest BCUT2D eigenvalue weighted by Crippen LogP contribution is 2.40. The van der Waals surface area contributed by atoms with Crippen LogP contribution in [0, 0.1) is 5.82 Å². The van der Waals surface area contributed by atoms with Gasteiger partial charge in [0.1, 0.15) is 5.82 Å². The summed E-state index contributed by atoms with van der Waals surface area (Å²) in [6.45, 7) is 0. The van der Waals surface area contributed by atoms with Crippen LogP contribution < -0.4 is 5.32 Å². The van der Waals surface area contributed by atoms with E-state index >= 15 is 0 Å². The topological polar surface area (TPSA) is 50.7 Å². The predicted molar refractivity (Wildman–Crippen MR) is 88.2 cm³/mol. The average molecular weight is 324 g/mol. The molecule has 3 atom stereocenters. The molecule has 1 saturated carbocycles. The van der Waals surface area contributed by atoms with Gasteiger partial charge in [0.2, 0.25) is 6.10 Å². The molecular weight excluding hydrogens is 307 g/mol. The van der Waals surface area contributed by atoms with Gasteiger partial charge in [-0.15, -0.1) is 0 Å². The third-order valence-corrected chi connectivity index (χ3v) is 4.46. The van der Waals surface area contributed by atoms with Gasteiger partial charge >= 0.3 is 0 Å². The van der Waals surface area contributed by atoms with Crippen LogP contribution in [0.2, 0.25) is 0 Å². The summed E-state index contributed by atoms with van der Waals surface area (Å²) in [7, 11) is 0. The van der Waals surface area contributed by atoms with Crippen LogP contribution in [0.25, 0.3) is 0 Å². The number of amides is 1. The molecule has 1 aliphatic heterocycles. The lowest BCUT2D eigenvalue weighted by Crippen LogP contribution is -2.36. The third kappa shape index (κ3) is 3.02. The van der Waals surface area contributed by atoms with Crippen molar-refractivity contribution in [2.45, 2.75) is 30.9 Å². The molecule has 5 heteroatoms. The second-order valence-electron chi connectivity index (χ2n) is 6.21. The van der Waals surface area contributed by atoms with Gasteiger partial charge in [0, 0.05) is 23.9 Å². The number of nitrogens with one attached hydrogen (secondary N) is 1. The average Bonchev–Trinajstić information content (AvgIpc) is 3.18. The molecular formula is C19H17FN2O2. The van der Waals surface area contributed by atoms with Crippen LogP contribution in [-0.4, -0.2) is 23.8 Å². The molecule has 2 aliphatic rings. The molecule has 1 fully saturated rings. The van der Waals surface area contributed by atoms with Crippen molar-refractivity contribution < 1.29 is 14.0 Å². The van der Waals surface area contributed by atoms with Gasteiger partial charge in [-0.05, 0) is 24.1 Å². The van der Waals surface area contributed by atoms with Gasteiger partial charge in [0.25, 0.3) is 5.91 Å². The first-order valence-corrected chi connectivity index (χ1v) is 8.04. The normalized spacial score (nSPS) is 24.9. The van der Waals surface area contributed by atoms with Gasteiger partial charge in [-0.1, -0.05) is 47.6 Å². The summed E-state index contributed by atoms with van der Waals surface area (Å²) in [5.41, 5.74) is 2.50. The van der Waals surface area contributed by atoms with E-state index in [0.717, 1.165) is 6.42 Å². The quantitative estimate of drug-likeness (QED) is 0.940. The molecule has 0 radical (unpaired) electrons. The summed E-state index contributed by atoms with van der Waals surface area (Å²) in [6, 6.07) is 16.5. The highest BCUT2D eigenvalue weighted by molar-refractivity contribution is 6.04. The van der Waals surface area contributed by atoms with Crippen LogP contribution in [0.15, 0.2) is 59.8 Å². The Hall–Kier alpha value is -2.69. The van der Waals surface area contributed by atoms with Crippen LogP contribution in [0.5, 0.6) is 0 Å². The second-order valence-corrected chi connectivity index (χ2v) is 6.21. The van der Waals surface area contributed by atoms with E-state index in [0.29, 0.717) is 23.6 Å². The minimum atomic E-state index is -0.639. The first-order valence-electron chi connectivity index (χ1n) is 8.04. The molecule has 122 valence electrons. The minimum Gasteiger partial charge on any atom is -0.382 e. The van der Waals surface area contributed by atoms with Gasteiger partial charge in [-0.25, -0.2) is 4.39 Å². The fourth-order valence-electron chi connectivity index (χ4n) is 3.06. The first kappa shape index (κ1) is 14.9. The number of hydrogen-bond acceptors (Lipinski definition) is 3. The predicted octanol–water partition coefficient (Wildman–Crippen LogP) is 2.99. The number of nitrogens with zero attached hydrogens (tertiary/aromatic N) is 1. The zero-order chi connectivity index (χ0) is 16.5. The van der Waals surface area contributed by atoms with E-state index in [9.17, 15) is 9.18 Å². The fraction of sp³-hybridized carbons (Fsp3) is 0.263. The smallest absolute Gasteiger partial charge is 0.264 e. The Morgan fingerprint density at radius 3 is 2.79 bits per heavy atom. The maximum atomic E-state index is 13.3. The van der Waals surface area contributed by atoms with Crippen molar-refractivity contribution in [3.8, 4) is 0 Å². The molecule has 1 amide bonds. The Labute approximate surface area is 139 Å². The molecule has 24 heavy (non-hydrogen) atoms. The van der Waals surface area contributed by atoms with Crippen molar-refractivity contribution >= 4 is 11.6 Å². The number of hydrogen-bond donors (Lipinski definition) is 1. The standard InChI is InChI=1S/C19H17FN2O2/c20-14-8-4-7-13(9-14)16-11-18(24-22-16)19(23)21-17-10-15(17)12-5-2-1-3-6-12/h1-9,15,17-18H,10-11H2,(H,21,23). The largest absolute Gasteiger partial charge is 0.382 e. The first-order chi connectivity index (χ1) is 11.7. The van der Waals surface area contributed by atoms with Gasteiger partial charge in [-0.2, -0.15) is 0 Å². The Kier molecular flexibility index (Phi) is 3.76. The summed E-state index contributed by atoms with van der Waals surface area (Å²) < 4.78 is 13.3. The highest BCUT2D eigenvalue weighted by atomic mass is 19.1. The van der Waals surface area contributed by atoms with E-state index in [1.54, 1.807) is 12.1 Å². The van der Waals surface area contributed by atoms with Gasteiger partial charge in [-0.3, -0.25) is 4.79 Å². The monoisotopic (exact) mass is 324 g/mol. The molecule has 4 nitrogen and oxygen atoms in total. The number of benzene rings is 2. The summed E-state index contributed by atoms with van der Waals surface area (Å²) in [4.78, 5) is 17.6. The van der Waals surface area contributed by atoms with Crippen LogP contribution in [0.3, 0.4) is 0 Å². The number of carbonyl (C=O) groups is 1. The SMILES string of the molecule is O=C(NC1CC1c1ccccc1)C1CC(c2cccc(F)c2)=NO1. The Bertz CT molecular complexity index is 791. The number of rotatable bonds is 4. The third-order valence-electron chi connectivity index (χ3n) is 4.46. The van der Waals surface area contributed by atoms with E-state index < -0.39 is 6.10 Å². The molecule has 1 aliphatic carbocycles. The number of oxime groups is 1. The van der Waals surface area contributed by atoms with Crippen LogP contribution in [0.1, 0.15) is 29.9 Å². The Balaban J connectivity index is 1.33. The fourth-order valence-corrected chi connectivity index (χ4v) is 3.06. The van der Waals surface area contributed by atoms with Crippen LogP contribution >= 0.6 is 0 Å². The lowest BCUT2D eigenvalue weighted by molar-refractivity contribution is -0.131. The van der Waals surface area contributed by atoms with Crippen molar-refractivity contribution in [1.29, 1.82) is 0 Å². The maximum Gasteiger partial charge on any atom is 0.264 e. The Morgan fingerprint density at radius 2 is 2.00 bits per heavy atom. The molecule has 0 aromatic heterocycles. The van der Waals surface area contributed by atoms with Crippen molar-refractivity contribution in [2.24, 2.45) is 5.16 Å². The molecule has 0 saturated heterocycles. The van der Waals surface area contributed by atoms with E-state index in [1.807, 2.05) is 18.2 Å². The van der Waals surface area contributed by atoms with Crippen molar-refractivity contribution in [3.63, 3.8) is 0 Å². The molecule has 2 aromatic carbocycles. The zero-order valence-electron chi connectivity index (χ0n) is 13.0. The van der Waals surface area contributed by atoms with Crippen molar-refractivity contribution in [3.05, 3.63) is 71.5 Å². The van der Waals surface area contributed by atoms with Gasteiger partial charge in [0.05, 0.1) is 5.71 Å². The molecule has 0 bridgehead atoms. The van der Waals surface area contributed by atoms with Gasteiger partial charge in [0.15, 0.2) is 0 Å².